The first kappa shape index (κ1) is 20.0. The fourth-order valence-electron chi connectivity index (χ4n) is 4.19. The van der Waals surface area contributed by atoms with Crippen LogP contribution in [0.3, 0.4) is 0 Å². The lowest BCUT2D eigenvalue weighted by atomic mass is 9.92. The Labute approximate surface area is 186 Å². The first-order chi connectivity index (χ1) is 15.5. The van der Waals surface area contributed by atoms with Crippen molar-refractivity contribution in [1.82, 2.24) is 9.97 Å². The zero-order chi connectivity index (χ0) is 22.1. The van der Waals surface area contributed by atoms with Crippen molar-refractivity contribution in [3.63, 3.8) is 0 Å². The van der Waals surface area contributed by atoms with E-state index in [0.717, 1.165) is 11.1 Å². The highest BCUT2D eigenvalue weighted by Gasteiger charge is 2.46. The van der Waals surface area contributed by atoms with Gasteiger partial charge in [0.05, 0.1) is 6.04 Å². The molecule has 3 aromatic carbocycles. The van der Waals surface area contributed by atoms with E-state index in [1.807, 2.05) is 49.4 Å². The molecule has 1 amide bonds. The smallest absolute Gasteiger partial charge is 0.416 e. The van der Waals surface area contributed by atoms with Gasteiger partial charge in [-0.2, -0.15) is 4.98 Å². The van der Waals surface area contributed by atoms with Gasteiger partial charge < -0.3 is 10.1 Å². The lowest BCUT2D eigenvalue weighted by Crippen LogP contribution is -2.42. The minimum atomic E-state index is -0.645. The van der Waals surface area contributed by atoms with Gasteiger partial charge in [0.1, 0.15) is 18.0 Å². The molecule has 0 spiro atoms. The number of benzene rings is 3. The molecule has 160 valence electrons. The van der Waals surface area contributed by atoms with Crippen LogP contribution in [0.4, 0.5) is 16.6 Å². The van der Waals surface area contributed by atoms with Crippen LogP contribution in [0.15, 0.2) is 85.1 Å². The van der Waals surface area contributed by atoms with Gasteiger partial charge in [0.15, 0.2) is 0 Å². The zero-order valence-electron chi connectivity index (χ0n) is 18.0. The number of hydrogen-bond acceptors (Lipinski definition) is 5. The van der Waals surface area contributed by atoms with Crippen LogP contribution in [0.2, 0.25) is 0 Å². The van der Waals surface area contributed by atoms with Gasteiger partial charge in [0, 0.05) is 6.20 Å². The van der Waals surface area contributed by atoms with Crippen molar-refractivity contribution in [2.45, 2.75) is 25.4 Å². The van der Waals surface area contributed by atoms with Gasteiger partial charge in [-0.25, -0.2) is 14.7 Å². The van der Waals surface area contributed by atoms with E-state index >= 15 is 0 Å². The minimum Gasteiger partial charge on any atom is -0.446 e. The largest absolute Gasteiger partial charge is 0.446 e. The third-order valence-corrected chi connectivity index (χ3v) is 6.04. The minimum absolute atomic E-state index is 0.0131. The second-order valence-corrected chi connectivity index (χ2v) is 8.24. The Hall–Kier alpha value is -3.93. The highest BCUT2D eigenvalue weighted by atomic mass is 16.6. The molecule has 1 aromatic heterocycles. The van der Waals surface area contributed by atoms with E-state index in [1.54, 1.807) is 17.2 Å². The number of amides is 1. The normalized spacial score (nSPS) is 19.1. The molecule has 0 aliphatic carbocycles. The molecule has 32 heavy (non-hydrogen) atoms. The summed E-state index contributed by atoms with van der Waals surface area (Å²) in [6.07, 6.45) is 1.25. The summed E-state index contributed by atoms with van der Waals surface area (Å²) in [5.41, 5.74) is 1.48. The topological polar surface area (TPSA) is 67.4 Å². The predicted octanol–water partition coefficient (Wildman–Crippen LogP) is 5.67. The van der Waals surface area contributed by atoms with Gasteiger partial charge in [-0.15, -0.1) is 0 Å². The van der Waals surface area contributed by atoms with Crippen molar-refractivity contribution < 1.29 is 9.53 Å². The van der Waals surface area contributed by atoms with Crippen LogP contribution >= 0.6 is 0 Å². The van der Waals surface area contributed by atoms with Gasteiger partial charge in [-0.05, 0) is 47.9 Å². The Morgan fingerprint density at radius 1 is 1.00 bits per heavy atom. The van der Waals surface area contributed by atoms with E-state index in [1.165, 1.54) is 10.8 Å². The van der Waals surface area contributed by atoms with E-state index in [9.17, 15) is 4.79 Å². The molecular formula is C26H24N4O2. The molecule has 6 heteroatoms. The number of nitrogens with one attached hydrogen (secondary N) is 1. The Kier molecular flexibility index (Phi) is 4.98. The summed E-state index contributed by atoms with van der Waals surface area (Å²) in [7, 11) is 0. The summed E-state index contributed by atoms with van der Waals surface area (Å²) in [5.74, 6) is 0.959. The van der Waals surface area contributed by atoms with E-state index in [-0.39, 0.29) is 12.6 Å². The third kappa shape index (κ3) is 3.54. The highest BCUT2D eigenvalue weighted by molar-refractivity contribution is 5.91. The van der Waals surface area contributed by atoms with Gasteiger partial charge in [0.25, 0.3) is 0 Å². The Balaban J connectivity index is 1.43. The number of rotatable bonds is 5. The van der Waals surface area contributed by atoms with E-state index in [4.69, 9.17) is 4.74 Å². The maximum Gasteiger partial charge on any atom is 0.416 e. The molecule has 1 aliphatic heterocycles. The van der Waals surface area contributed by atoms with Crippen molar-refractivity contribution in [2.75, 3.05) is 16.8 Å². The standard InChI is InChI=1S/C26H24N4O2/c1-18(20-13-12-19-8-6-7-9-21(19)16-20)28-24-27-15-14-23(29-24)30-25(31)32-17-26(30,2)22-10-4-3-5-11-22/h3-16,18H,17H2,1-2H3,(H,27,28,29)/t18?,26-/m0/s1. The third-order valence-electron chi connectivity index (χ3n) is 6.04. The monoisotopic (exact) mass is 424 g/mol. The molecule has 1 aliphatic rings. The molecule has 0 bridgehead atoms. The van der Waals surface area contributed by atoms with Gasteiger partial charge >= 0.3 is 6.09 Å². The van der Waals surface area contributed by atoms with E-state index in [2.05, 4.69) is 52.5 Å². The second-order valence-electron chi connectivity index (χ2n) is 8.24. The van der Waals surface area contributed by atoms with Crippen molar-refractivity contribution in [3.05, 3.63) is 96.2 Å². The van der Waals surface area contributed by atoms with Gasteiger partial charge in [0.2, 0.25) is 5.95 Å². The Bertz CT molecular complexity index is 1280. The van der Waals surface area contributed by atoms with Gasteiger partial charge in [-0.3, -0.25) is 0 Å². The first-order valence-electron chi connectivity index (χ1n) is 10.7. The molecule has 1 unspecified atom stereocenters. The fourth-order valence-corrected chi connectivity index (χ4v) is 4.19. The summed E-state index contributed by atoms with van der Waals surface area (Å²) >= 11 is 0. The fraction of sp³-hybridized carbons (Fsp3) is 0.192. The number of nitrogens with zero attached hydrogens (tertiary/aromatic N) is 3. The Morgan fingerprint density at radius 2 is 1.75 bits per heavy atom. The maximum atomic E-state index is 12.7. The van der Waals surface area contributed by atoms with Gasteiger partial charge in [-0.1, -0.05) is 66.7 Å². The van der Waals surface area contributed by atoms with E-state index < -0.39 is 11.6 Å². The molecule has 1 fully saturated rings. The summed E-state index contributed by atoms with van der Waals surface area (Å²) in [4.78, 5) is 23.3. The summed E-state index contributed by atoms with van der Waals surface area (Å²) in [6, 6.07) is 26.3. The van der Waals surface area contributed by atoms with Crippen molar-refractivity contribution in [1.29, 1.82) is 0 Å². The van der Waals surface area contributed by atoms with Crippen LogP contribution in [0.25, 0.3) is 10.8 Å². The van der Waals surface area contributed by atoms with Crippen LogP contribution in [-0.2, 0) is 10.3 Å². The Morgan fingerprint density at radius 3 is 2.56 bits per heavy atom. The maximum absolute atomic E-state index is 12.7. The van der Waals surface area contributed by atoms with Crippen molar-refractivity contribution in [2.24, 2.45) is 0 Å². The number of ether oxygens (including phenoxy) is 1. The quantitative estimate of drug-likeness (QED) is 0.447. The molecule has 0 saturated carbocycles. The average molecular weight is 425 g/mol. The van der Waals surface area contributed by atoms with E-state index in [0.29, 0.717) is 11.8 Å². The number of anilines is 2. The number of aromatic nitrogens is 2. The number of fused-ring (bicyclic) bond motifs is 1. The summed E-state index contributed by atoms with van der Waals surface area (Å²) < 4.78 is 5.43. The summed E-state index contributed by atoms with van der Waals surface area (Å²) in [5, 5.41) is 5.76. The van der Waals surface area contributed by atoms with Crippen LogP contribution < -0.4 is 10.2 Å². The van der Waals surface area contributed by atoms with Crippen molar-refractivity contribution >= 4 is 28.6 Å². The molecule has 1 N–H and O–H groups in total. The molecular weight excluding hydrogens is 400 g/mol. The second kappa shape index (κ2) is 7.96. The molecule has 4 aromatic rings. The number of cyclic esters (lactones) is 1. The molecule has 2 atom stereocenters. The van der Waals surface area contributed by atoms with Crippen LogP contribution in [0.1, 0.15) is 31.0 Å². The molecule has 5 rings (SSSR count). The summed E-state index contributed by atoms with van der Waals surface area (Å²) in [6.45, 7) is 4.31. The molecule has 2 heterocycles. The SMILES string of the molecule is CC(Nc1nccc(N2C(=O)OC[C@@]2(C)c2ccccc2)n1)c1ccc2ccccc2c1. The lowest BCUT2D eigenvalue weighted by molar-refractivity contribution is 0.174. The first-order valence-corrected chi connectivity index (χ1v) is 10.7. The van der Waals surface area contributed by atoms with Crippen molar-refractivity contribution in [3.8, 4) is 0 Å². The highest BCUT2D eigenvalue weighted by Crippen LogP contribution is 2.37. The molecule has 1 saturated heterocycles. The lowest BCUT2D eigenvalue weighted by Gasteiger charge is -2.31. The number of carbonyl (C=O) groups excluding carboxylic acids is 1. The zero-order valence-corrected chi connectivity index (χ0v) is 18.0. The average Bonchev–Trinajstić information content (AvgIpc) is 3.14. The predicted molar refractivity (Wildman–Crippen MR) is 126 cm³/mol. The van der Waals surface area contributed by atoms with Crippen LogP contribution in [0.5, 0.6) is 0 Å². The number of carbonyl (C=O) groups is 1. The number of hydrogen-bond donors (Lipinski definition) is 1. The van der Waals surface area contributed by atoms with Crippen LogP contribution in [-0.4, -0.2) is 22.7 Å². The van der Waals surface area contributed by atoms with Crippen LogP contribution in [0, 0.1) is 0 Å². The molecule has 0 radical (unpaired) electrons. The molecule has 6 nitrogen and oxygen atoms in total.